The number of pyridine rings is 1. The molecule has 2 aromatic heterocycles. The predicted molar refractivity (Wildman–Crippen MR) is 116 cm³/mol. The summed E-state index contributed by atoms with van der Waals surface area (Å²) in [6, 6.07) is 12.4. The molecule has 1 aliphatic rings. The van der Waals surface area contributed by atoms with Crippen LogP contribution in [0.2, 0.25) is 0 Å². The molecule has 0 spiro atoms. The summed E-state index contributed by atoms with van der Waals surface area (Å²) in [7, 11) is 1.60. The van der Waals surface area contributed by atoms with Crippen LogP contribution in [-0.4, -0.2) is 39.5 Å². The molecule has 0 atom stereocenters. The van der Waals surface area contributed by atoms with Crippen LogP contribution in [0.4, 0.5) is 0 Å². The van der Waals surface area contributed by atoms with E-state index in [4.69, 9.17) is 4.74 Å². The Hall–Kier alpha value is -3.13. The summed E-state index contributed by atoms with van der Waals surface area (Å²) >= 11 is 1.61. The number of hydrazone groups is 1. The van der Waals surface area contributed by atoms with Crippen LogP contribution < -0.4 is 4.74 Å². The van der Waals surface area contributed by atoms with Crippen molar-refractivity contribution in [3.63, 3.8) is 0 Å². The molecular weight excluding hydrogens is 398 g/mol. The van der Waals surface area contributed by atoms with Gasteiger partial charge in [0.05, 0.1) is 31.6 Å². The number of nitrogens with zero attached hydrogens (tertiary/aromatic N) is 5. The number of carbonyl (C=O) groups is 1. The zero-order valence-electron chi connectivity index (χ0n) is 16.9. The molecule has 30 heavy (non-hydrogen) atoms. The summed E-state index contributed by atoms with van der Waals surface area (Å²) < 4.78 is 7.07. The van der Waals surface area contributed by atoms with Crippen LogP contribution in [0.25, 0.3) is 0 Å². The van der Waals surface area contributed by atoms with Crippen molar-refractivity contribution >= 4 is 24.4 Å². The number of benzene rings is 1. The Morgan fingerprint density at radius 1 is 1.27 bits per heavy atom. The lowest BCUT2D eigenvalue weighted by Crippen LogP contribution is -2.15. The van der Waals surface area contributed by atoms with E-state index in [9.17, 15) is 4.79 Å². The molecule has 0 saturated heterocycles. The van der Waals surface area contributed by atoms with Gasteiger partial charge in [-0.05, 0) is 55.2 Å². The molecule has 1 aliphatic carbocycles. The van der Waals surface area contributed by atoms with E-state index in [1.807, 2.05) is 42.1 Å². The highest BCUT2D eigenvalue weighted by Gasteiger charge is 2.24. The average molecular weight is 422 g/mol. The van der Waals surface area contributed by atoms with Crippen molar-refractivity contribution in [1.82, 2.24) is 19.8 Å². The van der Waals surface area contributed by atoms with E-state index in [0.29, 0.717) is 18.5 Å². The Morgan fingerprint density at radius 2 is 2.10 bits per heavy atom. The molecule has 8 heteroatoms. The summed E-state index contributed by atoms with van der Waals surface area (Å²) in [5, 5.41) is 10.3. The normalized spacial score (nSPS) is 13.5. The van der Waals surface area contributed by atoms with Crippen molar-refractivity contribution in [2.75, 3.05) is 7.11 Å². The van der Waals surface area contributed by atoms with Gasteiger partial charge < -0.3 is 4.74 Å². The second-order valence-electron chi connectivity index (χ2n) is 7.12. The maximum absolute atomic E-state index is 11.5. The van der Waals surface area contributed by atoms with Crippen molar-refractivity contribution in [2.24, 2.45) is 5.10 Å². The van der Waals surface area contributed by atoms with Gasteiger partial charge in [0.15, 0.2) is 0 Å². The second kappa shape index (κ2) is 9.13. The Kier molecular flexibility index (Phi) is 6.13. The summed E-state index contributed by atoms with van der Waals surface area (Å²) in [5.41, 5.74) is 2.87. The van der Waals surface area contributed by atoms with E-state index < -0.39 is 0 Å². The fourth-order valence-electron chi connectivity index (χ4n) is 2.92. The molecular formula is C22H23N5O2S. The third-order valence-corrected chi connectivity index (χ3v) is 5.75. The standard InChI is InChI=1S/C22H23N5O2S/c1-16-3-6-20(30-21-7-8-22(29-2)23-13-21)11-17(16)12-24-26(15-28)14-18-9-10-27(25-18)19-4-5-19/h3,6-13,15,19H,4-5,14H2,1-2H3/b24-12-. The minimum Gasteiger partial charge on any atom is -0.481 e. The van der Waals surface area contributed by atoms with Crippen LogP contribution in [0.5, 0.6) is 5.88 Å². The number of carbonyl (C=O) groups excluding carboxylic acids is 1. The van der Waals surface area contributed by atoms with Crippen LogP contribution in [0.1, 0.15) is 35.7 Å². The third kappa shape index (κ3) is 5.07. The van der Waals surface area contributed by atoms with Gasteiger partial charge >= 0.3 is 0 Å². The number of hydrogen-bond acceptors (Lipinski definition) is 6. The first-order valence-corrected chi connectivity index (χ1v) is 10.5. The maximum Gasteiger partial charge on any atom is 0.230 e. The Morgan fingerprint density at radius 3 is 2.80 bits per heavy atom. The molecule has 0 bridgehead atoms. The van der Waals surface area contributed by atoms with Crippen LogP contribution in [-0.2, 0) is 11.3 Å². The highest BCUT2D eigenvalue weighted by Crippen LogP contribution is 2.34. The molecule has 0 radical (unpaired) electrons. The lowest BCUT2D eigenvalue weighted by molar-refractivity contribution is -0.118. The highest BCUT2D eigenvalue weighted by atomic mass is 32.2. The number of hydrogen-bond donors (Lipinski definition) is 0. The van der Waals surface area contributed by atoms with Gasteiger partial charge in [0, 0.05) is 28.3 Å². The Labute approximate surface area is 179 Å². The number of amides is 1. The monoisotopic (exact) mass is 421 g/mol. The van der Waals surface area contributed by atoms with Crippen molar-refractivity contribution in [2.45, 2.75) is 42.1 Å². The molecule has 1 aromatic carbocycles. The average Bonchev–Trinajstić information content (AvgIpc) is 3.52. The molecule has 2 heterocycles. The van der Waals surface area contributed by atoms with Crippen LogP contribution in [0, 0.1) is 6.92 Å². The molecule has 3 aromatic rings. The van der Waals surface area contributed by atoms with Gasteiger partial charge in [-0.25, -0.2) is 9.99 Å². The number of ether oxygens (including phenoxy) is 1. The Bertz CT molecular complexity index is 1040. The quantitative estimate of drug-likeness (QED) is 0.296. The molecule has 0 unspecified atom stereocenters. The lowest BCUT2D eigenvalue weighted by Gasteiger charge is -2.10. The first kappa shape index (κ1) is 20.2. The molecule has 1 saturated carbocycles. The SMILES string of the molecule is COc1ccc(Sc2ccc(C)c(/C=N\N(C=O)Cc3ccn(C4CC4)n3)c2)cn1. The number of aromatic nitrogens is 3. The summed E-state index contributed by atoms with van der Waals surface area (Å²) in [5.74, 6) is 0.590. The fourth-order valence-corrected chi connectivity index (χ4v) is 3.75. The van der Waals surface area contributed by atoms with Gasteiger partial charge in [0.2, 0.25) is 12.3 Å². The third-order valence-electron chi connectivity index (χ3n) is 4.78. The van der Waals surface area contributed by atoms with E-state index in [-0.39, 0.29) is 0 Å². The largest absolute Gasteiger partial charge is 0.481 e. The molecule has 4 rings (SSSR count). The van der Waals surface area contributed by atoms with E-state index in [1.54, 1.807) is 31.3 Å². The topological polar surface area (TPSA) is 72.6 Å². The van der Waals surface area contributed by atoms with Gasteiger partial charge in [0.25, 0.3) is 0 Å². The predicted octanol–water partition coefficient (Wildman–Crippen LogP) is 4.07. The lowest BCUT2D eigenvalue weighted by atomic mass is 10.1. The number of rotatable bonds is 9. The first-order valence-electron chi connectivity index (χ1n) is 9.73. The summed E-state index contributed by atoms with van der Waals surface area (Å²) in [6.45, 7) is 2.37. The van der Waals surface area contributed by atoms with Crippen LogP contribution in [0.15, 0.2) is 63.7 Å². The maximum atomic E-state index is 11.5. The van der Waals surface area contributed by atoms with Gasteiger partial charge in [0.1, 0.15) is 0 Å². The van der Waals surface area contributed by atoms with E-state index in [1.165, 1.54) is 17.9 Å². The van der Waals surface area contributed by atoms with Gasteiger partial charge in [-0.2, -0.15) is 10.2 Å². The molecule has 0 N–H and O–H groups in total. The van der Waals surface area contributed by atoms with E-state index in [2.05, 4.69) is 27.3 Å². The van der Waals surface area contributed by atoms with Crippen molar-refractivity contribution in [3.8, 4) is 5.88 Å². The van der Waals surface area contributed by atoms with E-state index in [0.717, 1.165) is 33.0 Å². The first-order chi connectivity index (χ1) is 14.6. The molecule has 1 fully saturated rings. The zero-order valence-corrected chi connectivity index (χ0v) is 17.7. The molecule has 0 aliphatic heterocycles. The van der Waals surface area contributed by atoms with Crippen LogP contribution in [0.3, 0.4) is 0 Å². The number of aryl methyl sites for hydroxylation is 1. The zero-order chi connectivity index (χ0) is 20.9. The fraction of sp³-hybridized carbons (Fsp3) is 0.273. The summed E-state index contributed by atoms with van der Waals surface area (Å²) in [6.07, 6.45) is 8.56. The molecule has 1 amide bonds. The van der Waals surface area contributed by atoms with Crippen LogP contribution >= 0.6 is 11.8 Å². The highest BCUT2D eigenvalue weighted by molar-refractivity contribution is 7.99. The smallest absolute Gasteiger partial charge is 0.230 e. The summed E-state index contributed by atoms with van der Waals surface area (Å²) in [4.78, 5) is 17.8. The van der Waals surface area contributed by atoms with Crippen molar-refractivity contribution in [1.29, 1.82) is 0 Å². The Balaban J connectivity index is 1.44. The van der Waals surface area contributed by atoms with Crippen molar-refractivity contribution in [3.05, 3.63) is 65.6 Å². The van der Waals surface area contributed by atoms with E-state index >= 15 is 0 Å². The minimum atomic E-state index is 0.352. The molecule has 7 nitrogen and oxygen atoms in total. The number of methoxy groups -OCH3 is 1. The minimum absolute atomic E-state index is 0.352. The molecule has 154 valence electrons. The van der Waals surface area contributed by atoms with Crippen molar-refractivity contribution < 1.29 is 9.53 Å². The van der Waals surface area contributed by atoms with Gasteiger partial charge in [-0.3, -0.25) is 9.48 Å². The van der Waals surface area contributed by atoms with Gasteiger partial charge in [-0.1, -0.05) is 17.8 Å². The van der Waals surface area contributed by atoms with Gasteiger partial charge in [-0.15, -0.1) is 0 Å². The second-order valence-corrected chi connectivity index (χ2v) is 8.27.